The molecule has 0 spiro atoms. The molecule has 0 amide bonds. The predicted octanol–water partition coefficient (Wildman–Crippen LogP) is 11.7. The Morgan fingerprint density at radius 2 is 1.08 bits per heavy atom. The van der Waals surface area contributed by atoms with Gasteiger partial charge >= 0.3 is 0 Å². The number of para-hydroxylation sites is 3. The van der Waals surface area contributed by atoms with E-state index in [4.69, 9.17) is 21.8 Å². The second-order valence-corrected chi connectivity index (χ2v) is 14.1. The topological polar surface area (TPSA) is 48.5 Å². The molecule has 11 rings (SSSR count). The van der Waals surface area contributed by atoms with Crippen LogP contribution in [0.5, 0.6) is 0 Å². The number of fused-ring (bicyclic) bond motifs is 10. The third-order valence-corrected chi connectivity index (χ3v) is 10.9. The largest absolute Gasteiger partial charge is 0.307 e. The monoisotopic (exact) mass is 684 g/mol. The van der Waals surface area contributed by atoms with Gasteiger partial charge in [-0.3, -0.25) is 4.57 Å². The molecule has 0 radical (unpaired) electrons. The van der Waals surface area contributed by atoms with E-state index in [0.717, 1.165) is 54.8 Å². The molecule has 1 aliphatic rings. The van der Waals surface area contributed by atoms with Crippen LogP contribution in [0.3, 0.4) is 0 Å². The van der Waals surface area contributed by atoms with E-state index < -0.39 is 18.1 Å². The van der Waals surface area contributed by atoms with Crippen molar-refractivity contribution in [1.29, 1.82) is 0 Å². The number of rotatable bonds is 4. The van der Waals surface area contributed by atoms with Crippen LogP contribution in [-0.4, -0.2) is 24.1 Å². The van der Waals surface area contributed by atoms with Gasteiger partial charge in [0.15, 0.2) is 11.6 Å². The minimum Gasteiger partial charge on any atom is -0.307 e. The highest BCUT2D eigenvalue weighted by Gasteiger charge is 2.37. The molecule has 5 heteroatoms. The van der Waals surface area contributed by atoms with E-state index in [9.17, 15) is 0 Å². The van der Waals surface area contributed by atoms with Crippen LogP contribution in [0.1, 0.15) is 31.8 Å². The molecular weight excluding hydrogens is 647 g/mol. The lowest BCUT2D eigenvalue weighted by Gasteiger charge is -2.21. The zero-order valence-corrected chi connectivity index (χ0v) is 28.9. The van der Waals surface area contributed by atoms with Crippen molar-refractivity contribution in [2.45, 2.75) is 19.3 Å². The summed E-state index contributed by atoms with van der Waals surface area (Å²) in [6.45, 7) is 4.52. The zero-order chi connectivity index (χ0) is 39.6. The molecular formula is C48H33N5. The highest BCUT2D eigenvalue weighted by atomic mass is 15.2. The second-order valence-electron chi connectivity index (χ2n) is 14.1. The molecule has 7 aromatic carbocycles. The first kappa shape index (κ1) is 25.2. The summed E-state index contributed by atoms with van der Waals surface area (Å²) in [6.07, 6.45) is 0. The van der Waals surface area contributed by atoms with Gasteiger partial charge in [-0.05, 0) is 46.5 Å². The van der Waals surface area contributed by atoms with E-state index in [-0.39, 0.29) is 23.2 Å². The maximum Gasteiger partial charge on any atom is 0.238 e. The Labute approximate surface area is 313 Å². The van der Waals surface area contributed by atoms with Crippen molar-refractivity contribution < 1.29 is 6.85 Å². The number of nitrogens with zero attached hydrogens (tertiary/aromatic N) is 5. The molecule has 0 atom stereocenters. The van der Waals surface area contributed by atoms with E-state index in [1.165, 1.54) is 11.1 Å². The Morgan fingerprint density at radius 3 is 1.83 bits per heavy atom. The molecule has 1 aliphatic carbocycles. The Morgan fingerprint density at radius 1 is 0.491 bits per heavy atom. The lowest BCUT2D eigenvalue weighted by molar-refractivity contribution is 0.660. The van der Waals surface area contributed by atoms with Crippen LogP contribution in [0, 0.1) is 0 Å². The maximum absolute atomic E-state index is 9.15. The standard InChI is InChI=1S/C48H33N5/c1-48(2)38-24-12-9-22-36(38)42-37(23-15-25-39(42)48)46-49-45(30-16-5-3-6-17-30)50-47(51-46)53-41-27-14-11-21-33(41)35-29-28-34-32-20-10-13-26-40(32)52(43(34)44(35)53)31-18-7-4-8-19-31/h3-29H,1-2H3/i4D,7D,8D,18D,19D. The lowest BCUT2D eigenvalue weighted by atomic mass is 9.82. The van der Waals surface area contributed by atoms with E-state index in [1.54, 1.807) is 0 Å². The minimum atomic E-state index is -0.441. The van der Waals surface area contributed by atoms with Crippen molar-refractivity contribution in [3.05, 3.63) is 175 Å². The summed E-state index contributed by atoms with van der Waals surface area (Å²) < 4.78 is 47.9. The molecule has 0 aliphatic heterocycles. The summed E-state index contributed by atoms with van der Waals surface area (Å²) in [5.41, 5.74) is 9.26. The van der Waals surface area contributed by atoms with Gasteiger partial charge in [-0.1, -0.05) is 153 Å². The quantitative estimate of drug-likeness (QED) is 0.185. The van der Waals surface area contributed by atoms with Crippen molar-refractivity contribution in [1.82, 2.24) is 24.1 Å². The molecule has 10 aromatic rings. The third-order valence-electron chi connectivity index (χ3n) is 10.9. The van der Waals surface area contributed by atoms with E-state index in [1.807, 2.05) is 77.4 Å². The van der Waals surface area contributed by atoms with Gasteiger partial charge in [0.2, 0.25) is 5.95 Å². The highest BCUT2D eigenvalue weighted by molar-refractivity contribution is 6.23. The van der Waals surface area contributed by atoms with Crippen molar-refractivity contribution in [2.24, 2.45) is 0 Å². The van der Waals surface area contributed by atoms with Gasteiger partial charge in [-0.15, -0.1) is 0 Å². The van der Waals surface area contributed by atoms with Crippen LogP contribution in [0.2, 0.25) is 0 Å². The molecule has 0 saturated heterocycles. The van der Waals surface area contributed by atoms with Crippen LogP contribution in [-0.2, 0) is 5.41 Å². The molecule has 3 heterocycles. The first-order valence-electron chi connectivity index (χ1n) is 20.2. The second kappa shape index (κ2) is 11.1. The van der Waals surface area contributed by atoms with Gasteiger partial charge in [0.1, 0.15) is 0 Å². The van der Waals surface area contributed by atoms with Crippen LogP contribution >= 0.6 is 0 Å². The predicted molar refractivity (Wildman–Crippen MR) is 217 cm³/mol. The van der Waals surface area contributed by atoms with Gasteiger partial charge in [-0.2, -0.15) is 9.97 Å². The number of benzene rings is 7. The SMILES string of the molecule is [2H]c1c([2H])c([2H])c(-n2c3ccccc3c3ccc4c5ccccc5n(-c5nc(-c6ccccc6)nc(-c6cccc7c6-c6ccccc6C7(C)C)n5)c4c32)c([2H])c1[2H]. The average Bonchev–Trinajstić information content (AvgIpc) is 3.86. The summed E-state index contributed by atoms with van der Waals surface area (Å²) in [4.78, 5) is 15.8. The maximum atomic E-state index is 9.15. The van der Waals surface area contributed by atoms with Gasteiger partial charge in [0.05, 0.1) is 28.9 Å². The summed E-state index contributed by atoms with van der Waals surface area (Å²) >= 11 is 0. The number of aromatic nitrogens is 5. The van der Waals surface area contributed by atoms with Crippen LogP contribution in [0.25, 0.3) is 89.2 Å². The van der Waals surface area contributed by atoms with Gasteiger partial charge < -0.3 is 4.57 Å². The summed E-state index contributed by atoms with van der Waals surface area (Å²) in [5, 5.41) is 3.59. The Balaban J connectivity index is 1.31. The number of hydrogen-bond acceptors (Lipinski definition) is 3. The fraction of sp³-hybridized carbons (Fsp3) is 0.0625. The zero-order valence-electron chi connectivity index (χ0n) is 33.9. The fourth-order valence-corrected chi connectivity index (χ4v) is 8.54. The molecule has 53 heavy (non-hydrogen) atoms. The molecule has 0 bridgehead atoms. The van der Waals surface area contributed by atoms with Crippen molar-refractivity contribution in [3.63, 3.8) is 0 Å². The average molecular weight is 685 g/mol. The fourth-order valence-electron chi connectivity index (χ4n) is 8.54. The summed E-state index contributed by atoms with van der Waals surface area (Å²) in [7, 11) is 0. The van der Waals surface area contributed by atoms with Gasteiger partial charge in [0, 0.05) is 43.8 Å². The normalized spacial score (nSPS) is 14.6. The van der Waals surface area contributed by atoms with E-state index >= 15 is 0 Å². The van der Waals surface area contributed by atoms with E-state index in [0.29, 0.717) is 28.6 Å². The lowest BCUT2D eigenvalue weighted by Crippen LogP contribution is -2.14. The summed E-state index contributed by atoms with van der Waals surface area (Å²) in [5.74, 6) is 1.43. The molecule has 0 saturated carbocycles. The minimum absolute atomic E-state index is 0.0731. The first-order valence-corrected chi connectivity index (χ1v) is 17.7. The van der Waals surface area contributed by atoms with Gasteiger partial charge in [0.25, 0.3) is 0 Å². The Hall–Kier alpha value is -6.85. The smallest absolute Gasteiger partial charge is 0.238 e. The van der Waals surface area contributed by atoms with Crippen LogP contribution in [0.15, 0.2) is 164 Å². The molecule has 3 aromatic heterocycles. The number of hydrogen-bond donors (Lipinski definition) is 0. The highest BCUT2D eigenvalue weighted by Crippen LogP contribution is 2.52. The van der Waals surface area contributed by atoms with Crippen molar-refractivity contribution >= 4 is 43.6 Å². The van der Waals surface area contributed by atoms with Crippen molar-refractivity contribution in [3.8, 4) is 45.5 Å². The molecule has 250 valence electrons. The van der Waals surface area contributed by atoms with Crippen molar-refractivity contribution in [2.75, 3.05) is 0 Å². The Kier molecular flexibility index (Phi) is 5.26. The van der Waals surface area contributed by atoms with E-state index in [2.05, 4.69) is 79.1 Å². The molecule has 0 unspecified atom stereocenters. The van der Waals surface area contributed by atoms with Gasteiger partial charge in [-0.25, -0.2) is 4.98 Å². The van der Waals surface area contributed by atoms with Crippen LogP contribution in [0.4, 0.5) is 0 Å². The Bertz CT molecular complexity index is 3360. The molecule has 0 fully saturated rings. The summed E-state index contributed by atoms with van der Waals surface area (Å²) in [6, 6.07) is 43.1. The molecule has 0 N–H and O–H groups in total. The third kappa shape index (κ3) is 4.22. The van der Waals surface area contributed by atoms with Crippen LogP contribution < -0.4 is 0 Å². The molecule has 5 nitrogen and oxygen atoms in total. The first-order chi connectivity index (χ1) is 28.1.